The van der Waals surface area contributed by atoms with Crippen molar-refractivity contribution in [2.45, 2.75) is 31.6 Å². The Hall–Kier alpha value is -2.35. The molecule has 1 amide bonds. The number of esters is 1. The quantitative estimate of drug-likeness (QED) is 0.584. The number of carbonyl (C=O) groups excluding carboxylic acids is 2. The highest BCUT2D eigenvalue weighted by Crippen LogP contribution is 2.50. The third-order valence-corrected chi connectivity index (χ3v) is 5.35. The maximum atomic E-state index is 13.3. The number of hydrogen-bond donors (Lipinski definition) is 1. The molecule has 3 rings (SSSR count). The van der Waals surface area contributed by atoms with Crippen molar-refractivity contribution in [3.8, 4) is 5.75 Å². The van der Waals surface area contributed by atoms with E-state index in [0.29, 0.717) is 24.8 Å². The molecule has 0 radical (unpaired) electrons. The Morgan fingerprint density at radius 1 is 1.19 bits per heavy atom. The number of carbonyl (C=O) groups is 2. The number of ether oxygens (including phenoxy) is 2. The van der Waals surface area contributed by atoms with Gasteiger partial charge in [0.25, 0.3) is 5.91 Å². The lowest BCUT2D eigenvalue weighted by Crippen LogP contribution is -2.52. The largest absolute Gasteiger partial charge is 0.497 e. The Morgan fingerprint density at radius 2 is 1.85 bits per heavy atom. The lowest BCUT2D eigenvalue weighted by atomic mass is 9.94. The van der Waals surface area contributed by atoms with Gasteiger partial charge in [0.05, 0.1) is 19.1 Å². The first-order chi connectivity index (χ1) is 13.0. The SMILES string of the molecule is CCOC(=O)CNC(=S)N1CCCN1C(=O)C1(c2ccc(OC)cc2)CC1. The fraction of sp³-hybridized carbons (Fsp3) is 0.526. The maximum absolute atomic E-state index is 13.3. The summed E-state index contributed by atoms with van der Waals surface area (Å²) in [5, 5.41) is 6.75. The van der Waals surface area contributed by atoms with Crippen molar-refractivity contribution >= 4 is 29.2 Å². The molecule has 146 valence electrons. The van der Waals surface area contributed by atoms with Crippen LogP contribution in [0, 0.1) is 0 Å². The third-order valence-electron chi connectivity index (χ3n) is 4.99. The summed E-state index contributed by atoms with van der Waals surface area (Å²) in [6, 6.07) is 7.69. The van der Waals surface area contributed by atoms with Gasteiger partial charge in [0.15, 0.2) is 5.11 Å². The Balaban J connectivity index is 1.67. The predicted molar refractivity (Wildman–Crippen MR) is 104 cm³/mol. The van der Waals surface area contributed by atoms with E-state index in [9.17, 15) is 9.59 Å². The lowest BCUT2D eigenvalue weighted by Gasteiger charge is -2.33. The molecule has 0 aromatic heterocycles. The fourth-order valence-electron chi connectivity index (χ4n) is 3.39. The average molecular weight is 391 g/mol. The zero-order valence-corrected chi connectivity index (χ0v) is 16.5. The number of nitrogens with one attached hydrogen (secondary N) is 1. The molecule has 0 bridgehead atoms. The molecule has 0 unspecified atom stereocenters. The highest BCUT2D eigenvalue weighted by atomic mass is 32.1. The highest BCUT2D eigenvalue weighted by molar-refractivity contribution is 7.80. The van der Waals surface area contributed by atoms with Gasteiger partial charge in [-0.25, -0.2) is 0 Å². The Bertz CT molecular complexity index is 718. The van der Waals surface area contributed by atoms with Gasteiger partial charge in [-0.05, 0) is 56.1 Å². The van der Waals surface area contributed by atoms with Crippen molar-refractivity contribution in [1.29, 1.82) is 0 Å². The monoisotopic (exact) mass is 391 g/mol. The summed E-state index contributed by atoms with van der Waals surface area (Å²) in [7, 11) is 1.62. The van der Waals surface area contributed by atoms with Gasteiger partial charge in [-0.15, -0.1) is 0 Å². The molecule has 1 aliphatic carbocycles. The van der Waals surface area contributed by atoms with Crippen molar-refractivity contribution in [3.05, 3.63) is 29.8 Å². The Labute approximate surface area is 164 Å². The van der Waals surface area contributed by atoms with Gasteiger partial charge in [-0.1, -0.05) is 12.1 Å². The van der Waals surface area contributed by atoms with Crippen molar-refractivity contribution in [2.24, 2.45) is 0 Å². The molecule has 2 aliphatic rings. The number of hydrazine groups is 1. The summed E-state index contributed by atoms with van der Waals surface area (Å²) in [4.78, 5) is 24.8. The Morgan fingerprint density at radius 3 is 2.44 bits per heavy atom. The second kappa shape index (κ2) is 8.12. The number of hydrogen-bond acceptors (Lipinski definition) is 5. The van der Waals surface area contributed by atoms with E-state index in [1.54, 1.807) is 24.1 Å². The molecular formula is C19H25N3O4S. The normalized spacial score (nSPS) is 17.4. The Kier molecular flexibility index (Phi) is 5.84. The molecular weight excluding hydrogens is 366 g/mol. The van der Waals surface area contributed by atoms with Crippen molar-refractivity contribution in [1.82, 2.24) is 15.3 Å². The van der Waals surface area contributed by atoms with E-state index in [1.165, 1.54) is 0 Å². The van der Waals surface area contributed by atoms with Crippen LogP contribution in [0.1, 0.15) is 31.7 Å². The molecule has 1 aromatic carbocycles. The van der Waals surface area contributed by atoms with E-state index in [2.05, 4.69) is 5.32 Å². The molecule has 2 fully saturated rings. The number of amides is 1. The summed E-state index contributed by atoms with van der Waals surface area (Å²) in [5.74, 6) is 0.466. The first-order valence-corrected chi connectivity index (χ1v) is 9.60. The zero-order chi connectivity index (χ0) is 19.4. The number of benzene rings is 1. The minimum Gasteiger partial charge on any atom is -0.497 e. The van der Waals surface area contributed by atoms with Crippen molar-refractivity contribution in [3.63, 3.8) is 0 Å². The molecule has 1 heterocycles. The minimum absolute atomic E-state index is 0.00513. The molecule has 8 heteroatoms. The topological polar surface area (TPSA) is 71.1 Å². The molecule has 1 saturated heterocycles. The molecule has 27 heavy (non-hydrogen) atoms. The second-order valence-electron chi connectivity index (χ2n) is 6.68. The van der Waals surface area contributed by atoms with Crippen LogP contribution >= 0.6 is 12.2 Å². The van der Waals surface area contributed by atoms with Gasteiger partial charge < -0.3 is 14.8 Å². The first-order valence-electron chi connectivity index (χ1n) is 9.19. The predicted octanol–water partition coefficient (Wildman–Crippen LogP) is 1.61. The minimum atomic E-state index is -0.481. The molecule has 1 aliphatic heterocycles. The third kappa shape index (κ3) is 4.00. The smallest absolute Gasteiger partial charge is 0.325 e. The van der Waals surface area contributed by atoms with Crippen LogP contribution in [0.15, 0.2) is 24.3 Å². The molecule has 0 atom stereocenters. The summed E-state index contributed by atoms with van der Waals surface area (Å²) in [6.07, 6.45) is 2.49. The number of rotatable bonds is 6. The fourth-order valence-corrected chi connectivity index (χ4v) is 3.66. The molecule has 1 saturated carbocycles. The van der Waals surface area contributed by atoms with Gasteiger partial charge in [0, 0.05) is 13.1 Å². The standard InChI is InChI=1S/C19H25N3O4S/c1-3-26-16(23)13-20-18(27)22-12-4-11-21(22)17(24)19(9-10-19)14-5-7-15(25-2)8-6-14/h5-8H,3-4,9-13H2,1-2H3,(H,20,27). The number of thiocarbonyl (C=S) groups is 1. The van der Waals surface area contributed by atoms with Crippen LogP contribution in [0.5, 0.6) is 5.75 Å². The van der Waals surface area contributed by atoms with E-state index in [4.69, 9.17) is 21.7 Å². The van der Waals surface area contributed by atoms with Gasteiger partial charge in [-0.3, -0.25) is 19.6 Å². The van der Waals surface area contributed by atoms with Crippen molar-refractivity contribution < 1.29 is 19.1 Å². The van der Waals surface area contributed by atoms with Crippen LogP contribution in [0.25, 0.3) is 0 Å². The van der Waals surface area contributed by atoms with Gasteiger partial charge in [-0.2, -0.15) is 0 Å². The van der Waals surface area contributed by atoms with Crippen LogP contribution < -0.4 is 10.1 Å². The summed E-state index contributed by atoms with van der Waals surface area (Å²) in [5.41, 5.74) is 0.525. The van der Waals surface area contributed by atoms with E-state index in [1.807, 2.05) is 24.3 Å². The van der Waals surface area contributed by atoms with Crippen LogP contribution in [0.3, 0.4) is 0 Å². The van der Waals surface area contributed by atoms with Crippen LogP contribution in [-0.2, 0) is 19.7 Å². The van der Waals surface area contributed by atoms with E-state index < -0.39 is 5.41 Å². The summed E-state index contributed by atoms with van der Waals surface area (Å²) >= 11 is 5.40. The lowest BCUT2D eigenvalue weighted by molar-refractivity contribution is -0.142. The summed E-state index contributed by atoms with van der Waals surface area (Å²) < 4.78 is 10.1. The number of methoxy groups -OCH3 is 1. The molecule has 7 nitrogen and oxygen atoms in total. The first kappa shape index (κ1) is 19.4. The van der Waals surface area contributed by atoms with Gasteiger partial charge in [0.2, 0.25) is 0 Å². The molecule has 0 spiro atoms. The van der Waals surface area contributed by atoms with Crippen LogP contribution in [-0.4, -0.2) is 60.4 Å². The maximum Gasteiger partial charge on any atom is 0.325 e. The van der Waals surface area contributed by atoms with Crippen LogP contribution in [0.4, 0.5) is 0 Å². The highest BCUT2D eigenvalue weighted by Gasteiger charge is 2.54. The van der Waals surface area contributed by atoms with Crippen molar-refractivity contribution in [2.75, 3.05) is 33.4 Å². The molecule has 1 aromatic rings. The summed E-state index contributed by atoms with van der Waals surface area (Å²) in [6.45, 7) is 3.35. The second-order valence-corrected chi connectivity index (χ2v) is 7.07. The van der Waals surface area contributed by atoms with E-state index in [-0.39, 0.29) is 18.4 Å². The van der Waals surface area contributed by atoms with Gasteiger partial charge >= 0.3 is 5.97 Å². The molecule has 1 N–H and O–H groups in total. The van der Waals surface area contributed by atoms with Crippen LogP contribution in [0.2, 0.25) is 0 Å². The van der Waals surface area contributed by atoms with E-state index >= 15 is 0 Å². The zero-order valence-electron chi connectivity index (χ0n) is 15.7. The number of nitrogens with zero attached hydrogens (tertiary/aromatic N) is 2. The van der Waals surface area contributed by atoms with Gasteiger partial charge in [0.1, 0.15) is 12.3 Å². The average Bonchev–Trinajstić information content (AvgIpc) is 3.35. The van der Waals surface area contributed by atoms with E-state index in [0.717, 1.165) is 30.6 Å².